The molecule has 0 aromatic rings. The van der Waals surface area contributed by atoms with Crippen LogP contribution in [0.2, 0.25) is 0 Å². The zero-order valence-electron chi connectivity index (χ0n) is 13.9. The van der Waals surface area contributed by atoms with E-state index in [0.717, 1.165) is 25.7 Å². The Morgan fingerprint density at radius 1 is 0.810 bits per heavy atom. The summed E-state index contributed by atoms with van der Waals surface area (Å²) >= 11 is 0. The molecule has 0 aromatic carbocycles. The summed E-state index contributed by atoms with van der Waals surface area (Å²) < 4.78 is 0. The zero-order chi connectivity index (χ0) is 14.9. The number of aliphatic carboxylic acids is 1. The van der Waals surface area contributed by atoms with E-state index in [4.69, 9.17) is 5.11 Å². The Labute approximate surface area is 147 Å². The van der Waals surface area contributed by atoms with Crippen LogP contribution in [0.5, 0.6) is 0 Å². The van der Waals surface area contributed by atoms with Gasteiger partial charge in [-0.1, -0.05) is 63.3 Å². The summed E-state index contributed by atoms with van der Waals surface area (Å²) in [6, 6.07) is 0. The van der Waals surface area contributed by atoms with Gasteiger partial charge in [0.05, 0.1) is 0 Å². The van der Waals surface area contributed by atoms with Crippen molar-refractivity contribution in [3.63, 3.8) is 0 Å². The molecule has 0 unspecified atom stereocenters. The Bertz CT molecular complexity index is 272. The molecule has 1 N–H and O–H groups in total. The Kier molecular flexibility index (Phi) is 21.6. The van der Waals surface area contributed by atoms with Crippen molar-refractivity contribution in [2.45, 2.75) is 84.0 Å². The van der Waals surface area contributed by atoms with Crippen LogP contribution in [-0.4, -0.2) is 34.1 Å². The molecule has 0 spiro atoms. The number of carbonyl (C=O) groups is 1. The van der Waals surface area contributed by atoms with Crippen molar-refractivity contribution in [3.8, 4) is 0 Å². The fraction of sp³-hybridized carbons (Fsp3) is 0.722. The van der Waals surface area contributed by atoms with Crippen LogP contribution in [0.3, 0.4) is 0 Å². The minimum Gasteiger partial charge on any atom is -0.481 e. The average Bonchev–Trinajstić information content (AvgIpc) is 2.43. The molecule has 2 nitrogen and oxygen atoms in total. The molecule has 21 heavy (non-hydrogen) atoms. The van der Waals surface area contributed by atoms with Crippen LogP contribution in [-0.2, 0) is 4.79 Å². The topological polar surface area (TPSA) is 37.3 Å². The van der Waals surface area contributed by atoms with E-state index in [9.17, 15) is 4.79 Å². The molecule has 116 valence electrons. The Hall–Kier alpha value is -0.284. The second-order valence-corrected chi connectivity index (χ2v) is 5.37. The number of unbranched alkanes of at least 4 members (excludes halogenated alkanes) is 8. The second kappa shape index (κ2) is 19.7. The molecule has 0 saturated heterocycles. The van der Waals surface area contributed by atoms with Crippen molar-refractivity contribution in [2.75, 3.05) is 0 Å². The van der Waals surface area contributed by atoms with Gasteiger partial charge in [0.15, 0.2) is 0 Å². The van der Waals surface area contributed by atoms with Gasteiger partial charge in [0.25, 0.3) is 0 Å². The van der Waals surface area contributed by atoms with Gasteiger partial charge in [-0.15, -0.1) is 0 Å². The third kappa shape index (κ3) is 22.1. The molecule has 0 saturated carbocycles. The number of hydrogen-bond donors (Lipinski definition) is 1. The summed E-state index contributed by atoms with van der Waals surface area (Å²) in [7, 11) is 0. The Morgan fingerprint density at radius 2 is 1.33 bits per heavy atom. The fourth-order valence-electron chi connectivity index (χ4n) is 2.09. The largest absolute Gasteiger partial charge is 2.00 e. The van der Waals surface area contributed by atoms with Gasteiger partial charge in [-0.2, -0.15) is 0 Å². The van der Waals surface area contributed by atoms with Crippen LogP contribution in [0.1, 0.15) is 84.0 Å². The van der Waals surface area contributed by atoms with Crippen molar-refractivity contribution >= 4 is 29.0 Å². The van der Waals surface area contributed by atoms with Gasteiger partial charge >= 0.3 is 29.0 Å². The zero-order valence-corrected chi connectivity index (χ0v) is 15.3. The maximum absolute atomic E-state index is 10.3. The first-order valence-corrected chi connectivity index (χ1v) is 8.29. The number of rotatable bonds is 14. The monoisotopic (exact) mass is 304 g/mol. The van der Waals surface area contributed by atoms with Gasteiger partial charge in [0.1, 0.15) is 0 Å². The second-order valence-electron chi connectivity index (χ2n) is 5.37. The molecular weight excluding hydrogens is 273 g/mol. The molecular formula is C18H32MgO2+2. The molecule has 0 atom stereocenters. The minimum atomic E-state index is -0.671. The summed E-state index contributed by atoms with van der Waals surface area (Å²) in [5.41, 5.74) is 0. The number of allylic oxidation sites excluding steroid dienone is 4. The number of hydrogen-bond acceptors (Lipinski definition) is 1. The molecule has 0 rings (SSSR count). The molecule has 0 radical (unpaired) electrons. The van der Waals surface area contributed by atoms with Gasteiger partial charge in [-0.25, -0.2) is 0 Å². The van der Waals surface area contributed by atoms with E-state index in [2.05, 4.69) is 31.2 Å². The molecule has 0 aliphatic heterocycles. The van der Waals surface area contributed by atoms with E-state index in [1.165, 1.54) is 44.9 Å². The van der Waals surface area contributed by atoms with Crippen LogP contribution < -0.4 is 0 Å². The normalized spacial score (nSPS) is 11.1. The van der Waals surface area contributed by atoms with E-state index < -0.39 is 5.97 Å². The standard InChI is InChI=1S/C18H32O2.Mg/c1-2-3-4-5-6-7-8-9-10-11-12-13-14-15-16-17-18(19)20;/h6-7,9-10H,2-5,8,11-17H2,1H3,(H,19,20);/q;+2/b7-6-,10-9-;. The van der Waals surface area contributed by atoms with Gasteiger partial charge in [-0.3, -0.25) is 4.79 Å². The van der Waals surface area contributed by atoms with E-state index in [-0.39, 0.29) is 23.1 Å². The molecule has 3 heteroatoms. The summed E-state index contributed by atoms with van der Waals surface area (Å²) in [4.78, 5) is 10.3. The number of carboxylic acid groups (broad SMARTS) is 1. The van der Waals surface area contributed by atoms with Gasteiger partial charge in [-0.05, 0) is 38.5 Å². The third-order valence-electron chi connectivity index (χ3n) is 3.34. The maximum Gasteiger partial charge on any atom is 2.00 e. The Morgan fingerprint density at radius 3 is 1.90 bits per heavy atom. The van der Waals surface area contributed by atoms with Crippen LogP contribution in [0.15, 0.2) is 24.3 Å². The minimum absolute atomic E-state index is 0. The number of carboxylic acids is 1. The van der Waals surface area contributed by atoms with E-state index in [1.807, 2.05) is 0 Å². The Balaban J connectivity index is 0. The molecule has 0 fully saturated rings. The van der Waals surface area contributed by atoms with Crippen LogP contribution in [0.25, 0.3) is 0 Å². The molecule has 0 amide bonds. The first-order valence-electron chi connectivity index (χ1n) is 8.29. The summed E-state index contributed by atoms with van der Waals surface area (Å²) in [6.45, 7) is 2.23. The molecule has 0 aliphatic rings. The van der Waals surface area contributed by atoms with Crippen LogP contribution >= 0.6 is 0 Å². The summed E-state index contributed by atoms with van der Waals surface area (Å²) in [5, 5.41) is 8.50. The first kappa shape index (κ1) is 23.0. The van der Waals surface area contributed by atoms with Crippen molar-refractivity contribution in [1.29, 1.82) is 0 Å². The van der Waals surface area contributed by atoms with E-state index >= 15 is 0 Å². The maximum atomic E-state index is 10.3. The van der Waals surface area contributed by atoms with Crippen LogP contribution in [0, 0.1) is 0 Å². The van der Waals surface area contributed by atoms with Crippen molar-refractivity contribution in [3.05, 3.63) is 24.3 Å². The van der Waals surface area contributed by atoms with Gasteiger partial charge in [0.2, 0.25) is 0 Å². The summed E-state index contributed by atoms with van der Waals surface area (Å²) in [6.07, 6.45) is 22.3. The van der Waals surface area contributed by atoms with E-state index in [1.54, 1.807) is 0 Å². The van der Waals surface area contributed by atoms with Crippen molar-refractivity contribution < 1.29 is 9.90 Å². The third-order valence-corrected chi connectivity index (χ3v) is 3.34. The van der Waals surface area contributed by atoms with Crippen molar-refractivity contribution in [1.82, 2.24) is 0 Å². The molecule has 0 aromatic heterocycles. The molecule has 0 heterocycles. The molecule has 0 aliphatic carbocycles. The smallest absolute Gasteiger partial charge is 0.481 e. The SMILES string of the molecule is CCCCC/C=C\C/C=C\CCCCCCCC(=O)O.[Mg+2]. The first-order chi connectivity index (χ1) is 9.77. The van der Waals surface area contributed by atoms with Crippen molar-refractivity contribution in [2.24, 2.45) is 0 Å². The van der Waals surface area contributed by atoms with E-state index in [0.29, 0.717) is 6.42 Å². The summed E-state index contributed by atoms with van der Waals surface area (Å²) in [5.74, 6) is -0.671. The fourth-order valence-corrected chi connectivity index (χ4v) is 2.09. The predicted octanol–water partition coefficient (Wildman–Crippen LogP) is 5.50. The van der Waals surface area contributed by atoms with Gasteiger partial charge < -0.3 is 5.11 Å². The predicted molar refractivity (Wildman–Crippen MR) is 92.7 cm³/mol. The van der Waals surface area contributed by atoms with Crippen LogP contribution in [0.4, 0.5) is 0 Å². The quantitative estimate of drug-likeness (QED) is 0.261. The van der Waals surface area contributed by atoms with Gasteiger partial charge in [0, 0.05) is 6.42 Å². The average molecular weight is 305 g/mol. The molecule has 0 bridgehead atoms.